The second-order valence-electron chi connectivity index (χ2n) is 3.42. The Bertz CT molecular complexity index is 448. The molecule has 0 saturated heterocycles. The molecule has 18 heavy (non-hydrogen) atoms. The fourth-order valence-corrected chi connectivity index (χ4v) is 2.52. The minimum Gasteiger partial charge on any atom is -0.406 e. The van der Waals surface area contributed by atoms with Crippen LogP contribution >= 0.6 is 27.7 Å². The summed E-state index contributed by atoms with van der Waals surface area (Å²) in [5.74, 6) is -0.409. The number of halogens is 4. The van der Waals surface area contributed by atoms with E-state index in [2.05, 4.69) is 20.7 Å². The van der Waals surface area contributed by atoms with Crippen LogP contribution in [0, 0.1) is 0 Å². The summed E-state index contributed by atoms with van der Waals surface area (Å²) in [6.45, 7) is 1.41. The second kappa shape index (κ2) is 5.97. The van der Waals surface area contributed by atoms with Crippen LogP contribution in [0.1, 0.15) is 17.3 Å². The standard InChI is InChI=1S/C11H10BrF3O2S/c1-6(16)10(12)8-4-3-7(5-9(8)18-2)17-11(13,14)15/h3-5,10H,1-2H3. The van der Waals surface area contributed by atoms with Crippen LogP contribution in [0.5, 0.6) is 5.75 Å². The Balaban J connectivity index is 3.07. The molecular formula is C11H10BrF3O2S. The van der Waals surface area contributed by atoms with Gasteiger partial charge in [0, 0.05) is 4.90 Å². The van der Waals surface area contributed by atoms with Crippen LogP contribution in [-0.2, 0) is 4.79 Å². The Morgan fingerprint density at radius 2 is 2.06 bits per heavy atom. The molecule has 0 saturated carbocycles. The zero-order valence-corrected chi connectivity index (χ0v) is 11.9. The summed E-state index contributed by atoms with van der Waals surface area (Å²) in [6, 6.07) is 3.91. The molecule has 100 valence electrons. The predicted molar refractivity (Wildman–Crippen MR) is 67.3 cm³/mol. The topological polar surface area (TPSA) is 26.3 Å². The largest absolute Gasteiger partial charge is 0.573 e. The molecule has 0 aliphatic carbocycles. The van der Waals surface area contributed by atoms with Crippen LogP contribution in [0.15, 0.2) is 23.1 Å². The van der Waals surface area contributed by atoms with Gasteiger partial charge in [-0.3, -0.25) is 4.79 Å². The highest BCUT2D eigenvalue weighted by Gasteiger charge is 2.31. The molecule has 0 spiro atoms. The first-order chi connectivity index (χ1) is 8.24. The molecule has 2 nitrogen and oxygen atoms in total. The summed E-state index contributed by atoms with van der Waals surface area (Å²) in [7, 11) is 0. The number of hydrogen-bond donors (Lipinski definition) is 0. The van der Waals surface area contributed by atoms with Gasteiger partial charge in [-0.1, -0.05) is 22.0 Å². The third-order valence-corrected chi connectivity index (χ3v) is 4.00. The van der Waals surface area contributed by atoms with Crippen molar-refractivity contribution in [1.29, 1.82) is 0 Å². The van der Waals surface area contributed by atoms with Crippen molar-refractivity contribution in [3.8, 4) is 5.75 Å². The molecule has 0 aliphatic rings. The van der Waals surface area contributed by atoms with Gasteiger partial charge in [0.25, 0.3) is 0 Å². The van der Waals surface area contributed by atoms with Crippen LogP contribution in [0.25, 0.3) is 0 Å². The molecule has 1 rings (SSSR count). The fourth-order valence-electron chi connectivity index (χ4n) is 1.32. The number of rotatable bonds is 4. The Kier molecular flexibility index (Phi) is 5.10. The van der Waals surface area contributed by atoms with Crippen LogP contribution in [0.4, 0.5) is 13.2 Å². The Morgan fingerprint density at radius 3 is 2.50 bits per heavy atom. The van der Waals surface area contributed by atoms with Gasteiger partial charge in [-0.2, -0.15) is 0 Å². The Labute approximate surface area is 115 Å². The normalized spacial score (nSPS) is 13.2. The third-order valence-electron chi connectivity index (χ3n) is 2.07. The molecule has 0 fully saturated rings. The Hall–Kier alpha value is -0.690. The van der Waals surface area contributed by atoms with Crippen LogP contribution in [-0.4, -0.2) is 18.4 Å². The number of benzene rings is 1. The maximum atomic E-state index is 12.1. The van der Waals surface area contributed by atoms with E-state index in [9.17, 15) is 18.0 Å². The smallest absolute Gasteiger partial charge is 0.406 e. The van der Waals surface area contributed by atoms with Crippen molar-refractivity contribution in [2.75, 3.05) is 6.26 Å². The number of carbonyl (C=O) groups is 1. The van der Waals surface area contributed by atoms with Gasteiger partial charge in [0.05, 0.1) is 4.83 Å². The molecular weight excluding hydrogens is 333 g/mol. The van der Waals surface area contributed by atoms with Gasteiger partial charge >= 0.3 is 6.36 Å². The molecule has 0 N–H and O–H groups in total. The van der Waals surface area contributed by atoms with Crippen molar-refractivity contribution >= 4 is 33.5 Å². The SMILES string of the molecule is CSc1cc(OC(F)(F)F)ccc1C(Br)C(C)=O. The van der Waals surface area contributed by atoms with E-state index in [1.165, 1.54) is 36.9 Å². The van der Waals surface area contributed by atoms with E-state index in [1.807, 2.05) is 0 Å². The lowest BCUT2D eigenvalue weighted by Gasteiger charge is -2.14. The average Bonchev–Trinajstić information content (AvgIpc) is 2.25. The van der Waals surface area contributed by atoms with Gasteiger partial charge in [-0.15, -0.1) is 24.9 Å². The molecule has 0 aliphatic heterocycles. The van der Waals surface area contributed by atoms with Crippen molar-refractivity contribution in [3.05, 3.63) is 23.8 Å². The Morgan fingerprint density at radius 1 is 1.44 bits per heavy atom. The van der Waals surface area contributed by atoms with Crippen molar-refractivity contribution in [2.45, 2.75) is 23.0 Å². The van der Waals surface area contributed by atoms with Crippen molar-refractivity contribution in [3.63, 3.8) is 0 Å². The highest BCUT2D eigenvalue weighted by molar-refractivity contribution is 9.09. The minimum atomic E-state index is -4.72. The zero-order chi connectivity index (χ0) is 13.9. The zero-order valence-electron chi connectivity index (χ0n) is 9.55. The summed E-state index contributed by atoms with van der Waals surface area (Å²) in [6.07, 6.45) is -3.00. The number of hydrogen-bond acceptors (Lipinski definition) is 3. The molecule has 1 aromatic carbocycles. The van der Waals surface area contributed by atoms with E-state index in [0.717, 1.165) is 0 Å². The second-order valence-corrected chi connectivity index (χ2v) is 5.19. The monoisotopic (exact) mass is 342 g/mol. The van der Waals surface area contributed by atoms with E-state index in [1.54, 1.807) is 6.26 Å². The molecule has 7 heteroatoms. The third kappa shape index (κ3) is 4.20. The lowest BCUT2D eigenvalue weighted by molar-refractivity contribution is -0.274. The highest BCUT2D eigenvalue weighted by Crippen LogP contribution is 2.35. The first-order valence-corrected chi connectivity index (χ1v) is 6.97. The molecule has 0 amide bonds. The van der Waals surface area contributed by atoms with Crippen LogP contribution in [0.2, 0.25) is 0 Å². The van der Waals surface area contributed by atoms with Crippen molar-refractivity contribution in [1.82, 2.24) is 0 Å². The van der Waals surface area contributed by atoms with Crippen LogP contribution < -0.4 is 4.74 Å². The quantitative estimate of drug-likeness (QED) is 0.601. The number of ketones is 1. The molecule has 1 atom stereocenters. The van der Waals surface area contributed by atoms with Gasteiger partial charge in [-0.05, 0) is 30.9 Å². The highest BCUT2D eigenvalue weighted by atomic mass is 79.9. The van der Waals surface area contributed by atoms with E-state index in [0.29, 0.717) is 10.5 Å². The van der Waals surface area contributed by atoms with Gasteiger partial charge in [0.1, 0.15) is 11.5 Å². The predicted octanol–water partition coefficient (Wildman–Crippen LogP) is 4.33. The maximum Gasteiger partial charge on any atom is 0.573 e. The van der Waals surface area contributed by atoms with Gasteiger partial charge in [0.15, 0.2) is 0 Å². The summed E-state index contributed by atoms with van der Waals surface area (Å²) in [5.41, 5.74) is 0.629. The number of ether oxygens (including phenoxy) is 1. The lowest BCUT2D eigenvalue weighted by Crippen LogP contribution is -2.17. The van der Waals surface area contributed by atoms with Gasteiger partial charge in [-0.25, -0.2) is 0 Å². The van der Waals surface area contributed by atoms with Gasteiger partial charge < -0.3 is 4.74 Å². The van der Waals surface area contributed by atoms with Crippen molar-refractivity contribution < 1.29 is 22.7 Å². The van der Waals surface area contributed by atoms with Crippen LogP contribution in [0.3, 0.4) is 0 Å². The summed E-state index contributed by atoms with van der Waals surface area (Å²) >= 11 is 4.45. The number of carbonyl (C=O) groups excluding carboxylic acids is 1. The fraction of sp³-hybridized carbons (Fsp3) is 0.364. The molecule has 1 unspecified atom stereocenters. The van der Waals surface area contributed by atoms with E-state index >= 15 is 0 Å². The molecule has 1 aromatic rings. The average molecular weight is 343 g/mol. The lowest BCUT2D eigenvalue weighted by atomic mass is 10.1. The maximum absolute atomic E-state index is 12.1. The van der Waals surface area contributed by atoms with Crippen molar-refractivity contribution in [2.24, 2.45) is 0 Å². The van der Waals surface area contributed by atoms with E-state index in [4.69, 9.17) is 0 Å². The molecule has 0 aromatic heterocycles. The number of Topliss-reactive ketones (excluding diaryl/α,β-unsaturated/α-hetero) is 1. The first kappa shape index (κ1) is 15.4. The number of alkyl halides is 4. The summed E-state index contributed by atoms with van der Waals surface area (Å²) in [5, 5.41) is 0. The summed E-state index contributed by atoms with van der Waals surface area (Å²) in [4.78, 5) is 11.3. The molecule has 0 bridgehead atoms. The van der Waals surface area contributed by atoms with E-state index in [-0.39, 0.29) is 11.5 Å². The minimum absolute atomic E-state index is 0.116. The first-order valence-electron chi connectivity index (χ1n) is 4.83. The molecule has 0 heterocycles. The summed E-state index contributed by atoms with van der Waals surface area (Å²) < 4.78 is 40.0. The van der Waals surface area contributed by atoms with Gasteiger partial charge in [0.2, 0.25) is 0 Å². The van der Waals surface area contributed by atoms with E-state index < -0.39 is 11.2 Å². The molecule has 0 radical (unpaired) electrons. The number of thioether (sulfide) groups is 1.